The second-order valence-electron chi connectivity index (χ2n) is 5.17. The van der Waals surface area contributed by atoms with Gasteiger partial charge in [0.1, 0.15) is 5.82 Å². The molecular weight excluding hydrogens is 257 g/mol. The second-order valence-corrected chi connectivity index (χ2v) is 5.17. The molecule has 0 amide bonds. The minimum atomic E-state index is -0.261. The molecule has 0 saturated heterocycles. The van der Waals surface area contributed by atoms with E-state index in [1.165, 1.54) is 6.07 Å². The Morgan fingerprint density at radius 2 is 2.20 bits per heavy atom. The molecule has 1 aromatic rings. The number of hydrogen-bond acceptors (Lipinski definition) is 2. The van der Waals surface area contributed by atoms with Crippen LogP contribution in [0.25, 0.3) is 0 Å². The van der Waals surface area contributed by atoms with E-state index in [9.17, 15) is 4.39 Å². The second kappa shape index (κ2) is 8.53. The topological polar surface area (TPSA) is 59.6 Å². The lowest BCUT2D eigenvalue weighted by atomic mass is 10.1. The van der Waals surface area contributed by atoms with Crippen molar-refractivity contribution in [3.63, 3.8) is 0 Å². The number of nitrogens with two attached hydrogens (primary N) is 1. The lowest BCUT2D eigenvalue weighted by Gasteiger charge is -2.08. The van der Waals surface area contributed by atoms with E-state index in [4.69, 9.17) is 10.5 Å². The van der Waals surface area contributed by atoms with Gasteiger partial charge in [0.25, 0.3) is 0 Å². The fraction of sp³-hybridized carbons (Fsp3) is 0.533. The number of nitrogens with one attached hydrogen (secondary N) is 1. The van der Waals surface area contributed by atoms with E-state index >= 15 is 0 Å². The molecule has 0 aromatic heterocycles. The van der Waals surface area contributed by atoms with Crippen molar-refractivity contribution >= 4 is 5.96 Å². The van der Waals surface area contributed by atoms with Crippen molar-refractivity contribution in [3.8, 4) is 0 Å². The number of hydrogen-bond donors (Lipinski definition) is 2. The predicted molar refractivity (Wildman–Crippen MR) is 79.9 cm³/mol. The van der Waals surface area contributed by atoms with Crippen LogP contribution in [0.1, 0.15) is 31.4 Å². The highest BCUT2D eigenvalue weighted by molar-refractivity contribution is 5.77. The number of rotatable bonds is 7. The van der Waals surface area contributed by atoms with Crippen molar-refractivity contribution in [1.82, 2.24) is 5.32 Å². The molecule has 0 aliphatic carbocycles. The van der Waals surface area contributed by atoms with Gasteiger partial charge in [0.15, 0.2) is 5.96 Å². The minimum absolute atomic E-state index is 0.255. The molecule has 4 nitrogen and oxygen atoms in total. The Morgan fingerprint density at radius 1 is 1.45 bits per heavy atom. The Labute approximate surface area is 120 Å². The number of guanidine groups is 1. The number of nitrogens with zero attached hydrogens (tertiary/aromatic N) is 1. The molecule has 0 aliphatic rings. The van der Waals surface area contributed by atoms with E-state index in [2.05, 4.69) is 24.2 Å². The van der Waals surface area contributed by atoms with Gasteiger partial charge in [0.05, 0.1) is 13.2 Å². The van der Waals surface area contributed by atoms with Gasteiger partial charge in [-0.2, -0.15) is 0 Å². The minimum Gasteiger partial charge on any atom is -0.380 e. The van der Waals surface area contributed by atoms with Crippen molar-refractivity contribution in [1.29, 1.82) is 0 Å². The average molecular weight is 281 g/mol. The third-order valence-corrected chi connectivity index (χ3v) is 2.87. The molecule has 0 atom stereocenters. The number of aliphatic imine (C=N–C) groups is 1. The van der Waals surface area contributed by atoms with E-state index in [-0.39, 0.29) is 12.4 Å². The lowest BCUT2D eigenvalue weighted by molar-refractivity contribution is 0.181. The summed E-state index contributed by atoms with van der Waals surface area (Å²) in [5, 5.41) is 3.06. The van der Waals surface area contributed by atoms with Gasteiger partial charge in [-0.3, -0.25) is 0 Å². The molecule has 112 valence electrons. The molecule has 1 rings (SSSR count). The zero-order chi connectivity index (χ0) is 15.0. The summed E-state index contributed by atoms with van der Waals surface area (Å²) in [6, 6.07) is 4.89. The molecule has 0 fully saturated rings. The van der Waals surface area contributed by atoms with E-state index in [1.807, 2.05) is 0 Å². The van der Waals surface area contributed by atoms with Crippen LogP contribution in [0.4, 0.5) is 4.39 Å². The van der Waals surface area contributed by atoms with Gasteiger partial charge in [0.2, 0.25) is 0 Å². The van der Waals surface area contributed by atoms with Crippen LogP contribution in [-0.4, -0.2) is 19.6 Å². The quantitative estimate of drug-likeness (QED) is 0.596. The molecule has 0 unspecified atom stereocenters. The number of ether oxygens (including phenoxy) is 1. The summed E-state index contributed by atoms with van der Waals surface area (Å²) in [6.07, 6.45) is 1.05. The van der Waals surface area contributed by atoms with Gasteiger partial charge in [-0.1, -0.05) is 19.9 Å². The Bertz CT molecular complexity index is 447. The largest absolute Gasteiger partial charge is 0.380 e. The summed E-state index contributed by atoms with van der Waals surface area (Å²) in [7, 11) is 1.54. The van der Waals surface area contributed by atoms with Crippen LogP contribution in [0, 0.1) is 11.7 Å². The molecule has 0 radical (unpaired) electrons. The van der Waals surface area contributed by atoms with Gasteiger partial charge in [-0.05, 0) is 30.0 Å². The van der Waals surface area contributed by atoms with Crippen LogP contribution in [0.2, 0.25) is 0 Å². The zero-order valence-corrected chi connectivity index (χ0v) is 12.4. The van der Waals surface area contributed by atoms with Gasteiger partial charge >= 0.3 is 0 Å². The number of halogens is 1. The zero-order valence-electron chi connectivity index (χ0n) is 12.4. The average Bonchev–Trinajstić information content (AvgIpc) is 2.39. The maximum absolute atomic E-state index is 13.4. The van der Waals surface area contributed by atoms with E-state index < -0.39 is 0 Å². The Morgan fingerprint density at radius 3 is 2.85 bits per heavy atom. The van der Waals surface area contributed by atoms with Crippen molar-refractivity contribution in [2.45, 2.75) is 33.4 Å². The first kappa shape index (κ1) is 16.4. The summed E-state index contributed by atoms with van der Waals surface area (Å²) < 4.78 is 18.4. The summed E-state index contributed by atoms with van der Waals surface area (Å²) in [5.41, 5.74) is 7.22. The molecule has 0 saturated carbocycles. The van der Waals surface area contributed by atoms with Crippen LogP contribution in [0.5, 0.6) is 0 Å². The number of methoxy groups -OCH3 is 1. The molecule has 0 heterocycles. The smallest absolute Gasteiger partial charge is 0.188 e. The first-order valence-corrected chi connectivity index (χ1v) is 6.83. The third-order valence-electron chi connectivity index (χ3n) is 2.87. The lowest BCUT2D eigenvalue weighted by Crippen LogP contribution is -2.32. The first-order chi connectivity index (χ1) is 9.52. The first-order valence-electron chi connectivity index (χ1n) is 6.83. The summed E-state index contributed by atoms with van der Waals surface area (Å²) in [5.74, 6) is 0.787. The fourth-order valence-electron chi connectivity index (χ4n) is 1.71. The highest BCUT2D eigenvalue weighted by Gasteiger charge is 2.03. The molecule has 5 heteroatoms. The molecule has 1 aromatic carbocycles. The highest BCUT2D eigenvalue weighted by Crippen LogP contribution is 2.12. The van der Waals surface area contributed by atoms with Crippen LogP contribution < -0.4 is 11.1 Å². The van der Waals surface area contributed by atoms with E-state index in [0.29, 0.717) is 24.0 Å². The van der Waals surface area contributed by atoms with Crippen molar-refractivity contribution in [3.05, 3.63) is 35.1 Å². The highest BCUT2D eigenvalue weighted by atomic mass is 19.1. The maximum Gasteiger partial charge on any atom is 0.188 e. The van der Waals surface area contributed by atoms with Crippen LogP contribution in [0.3, 0.4) is 0 Å². The summed E-state index contributed by atoms with van der Waals surface area (Å²) in [6.45, 7) is 5.81. The molecular formula is C15H24FN3O. The molecule has 3 N–H and O–H groups in total. The van der Waals surface area contributed by atoms with Gasteiger partial charge < -0.3 is 15.8 Å². The molecule has 0 spiro atoms. The Kier molecular flexibility index (Phi) is 7.01. The molecule has 0 bridgehead atoms. The van der Waals surface area contributed by atoms with Gasteiger partial charge in [0, 0.05) is 19.2 Å². The van der Waals surface area contributed by atoms with Crippen LogP contribution in [0.15, 0.2) is 23.2 Å². The monoisotopic (exact) mass is 281 g/mol. The third kappa shape index (κ3) is 6.02. The van der Waals surface area contributed by atoms with Crippen molar-refractivity contribution < 1.29 is 9.13 Å². The van der Waals surface area contributed by atoms with Crippen LogP contribution in [-0.2, 0) is 17.9 Å². The Hall–Kier alpha value is -1.62. The van der Waals surface area contributed by atoms with E-state index in [1.54, 1.807) is 19.2 Å². The molecule has 20 heavy (non-hydrogen) atoms. The number of benzene rings is 1. The SMILES string of the molecule is COCc1cc(CN=C(N)NCCC(C)C)ccc1F. The summed E-state index contributed by atoms with van der Waals surface area (Å²) >= 11 is 0. The van der Waals surface area contributed by atoms with Gasteiger partial charge in [-0.25, -0.2) is 9.38 Å². The fourth-order valence-corrected chi connectivity index (χ4v) is 1.71. The van der Waals surface area contributed by atoms with Crippen LogP contribution >= 0.6 is 0 Å². The molecule has 0 aliphatic heterocycles. The standard InChI is InChI=1S/C15H24FN3O/c1-11(2)6-7-18-15(17)19-9-12-4-5-14(16)13(8-12)10-20-3/h4-5,8,11H,6-7,9-10H2,1-3H3,(H3,17,18,19). The summed E-state index contributed by atoms with van der Waals surface area (Å²) in [4.78, 5) is 4.24. The van der Waals surface area contributed by atoms with Crippen molar-refractivity contribution in [2.75, 3.05) is 13.7 Å². The normalized spacial score (nSPS) is 11.9. The van der Waals surface area contributed by atoms with E-state index in [0.717, 1.165) is 18.5 Å². The van der Waals surface area contributed by atoms with Crippen molar-refractivity contribution in [2.24, 2.45) is 16.6 Å². The Balaban J connectivity index is 2.53. The predicted octanol–water partition coefficient (Wildman–Crippen LogP) is 2.42. The van der Waals surface area contributed by atoms with Gasteiger partial charge in [-0.15, -0.1) is 0 Å². The maximum atomic E-state index is 13.4.